The monoisotopic (exact) mass is 469 g/mol. The van der Waals surface area contributed by atoms with Crippen molar-refractivity contribution in [3.63, 3.8) is 0 Å². The lowest BCUT2D eigenvalue weighted by Gasteiger charge is -2.43. The Hall–Kier alpha value is -3.49. The van der Waals surface area contributed by atoms with Crippen LogP contribution in [0.2, 0.25) is 0 Å². The fourth-order valence-corrected chi connectivity index (χ4v) is 5.22. The number of hydrogen-bond donors (Lipinski definition) is 1. The second-order valence-electron chi connectivity index (χ2n) is 9.29. The second kappa shape index (κ2) is 10.0. The molecule has 0 amide bonds. The SMILES string of the molecule is Cc1cccnc1[C@H]1CCC[C@@H](c2ncccc2C)N1Cc1ccc(-c2nnn(C)n2)cc1CO. The number of likely N-dealkylation sites (tertiary alicyclic amines) is 1. The summed E-state index contributed by atoms with van der Waals surface area (Å²) in [4.78, 5) is 13.6. The number of aliphatic hydroxyl groups excluding tert-OH is 1. The Morgan fingerprint density at radius 3 is 2.11 bits per heavy atom. The van der Waals surface area contributed by atoms with Crippen LogP contribution in [0.5, 0.6) is 0 Å². The van der Waals surface area contributed by atoms with Gasteiger partial charge in [0.2, 0.25) is 5.82 Å². The van der Waals surface area contributed by atoms with E-state index >= 15 is 0 Å². The van der Waals surface area contributed by atoms with Gasteiger partial charge in [0.25, 0.3) is 0 Å². The first-order valence-corrected chi connectivity index (χ1v) is 12.1. The summed E-state index contributed by atoms with van der Waals surface area (Å²) in [6.07, 6.45) is 6.96. The van der Waals surface area contributed by atoms with Crippen LogP contribution >= 0.6 is 0 Å². The van der Waals surface area contributed by atoms with E-state index in [-0.39, 0.29) is 18.7 Å². The van der Waals surface area contributed by atoms with Crippen LogP contribution in [0.25, 0.3) is 11.4 Å². The molecule has 0 unspecified atom stereocenters. The van der Waals surface area contributed by atoms with Crippen LogP contribution < -0.4 is 0 Å². The molecule has 1 fully saturated rings. The van der Waals surface area contributed by atoms with Gasteiger partial charge < -0.3 is 5.11 Å². The number of benzene rings is 1. The molecule has 3 aromatic heterocycles. The quantitative estimate of drug-likeness (QED) is 0.451. The second-order valence-corrected chi connectivity index (χ2v) is 9.29. The average Bonchev–Trinajstić information content (AvgIpc) is 3.31. The van der Waals surface area contributed by atoms with Crippen molar-refractivity contribution in [3.8, 4) is 11.4 Å². The molecular weight excluding hydrogens is 438 g/mol. The summed E-state index contributed by atoms with van der Waals surface area (Å²) >= 11 is 0. The van der Waals surface area contributed by atoms with Crippen molar-refractivity contribution in [2.45, 2.75) is 58.3 Å². The molecule has 8 heteroatoms. The van der Waals surface area contributed by atoms with Crippen molar-refractivity contribution in [2.24, 2.45) is 7.05 Å². The van der Waals surface area contributed by atoms with Crippen molar-refractivity contribution in [2.75, 3.05) is 0 Å². The maximum absolute atomic E-state index is 10.3. The fourth-order valence-electron chi connectivity index (χ4n) is 5.22. The summed E-state index contributed by atoms with van der Waals surface area (Å²) in [6, 6.07) is 14.7. The predicted molar refractivity (Wildman–Crippen MR) is 133 cm³/mol. The minimum atomic E-state index is -0.0577. The van der Waals surface area contributed by atoms with Crippen LogP contribution in [0, 0.1) is 13.8 Å². The molecule has 2 atom stereocenters. The van der Waals surface area contributed by atoms with Gasteiger partial charge in [0.05, 0.1) is 37.1 Å². The van der Waals surface area contributed by atoms with Crippen molar-refractivity contribution >= 4 is 0 Å². The number of piperidine rings is 1. The maximum Gasteiger partial charge on any atom is 0.204 e. The van der Waals surface area contributed by atoms with Gasteiger partial charge in [0.15, 0.2) is 0 Å². The van der Waals surface area contributed by atoms with E-state index in [2.05, 4.69) is 52.4 Å². The van der Waals surface area contributed by atoms with E-state index in [9.17, 15) is 5.11 Å². The van der Waals surface area contributed by atoms with Crippen LogP contribution in [0.1, 0.15) is 65.0 Å². The van der Waals surface area contributed by atoms with E-state index in [0.29, 0.717) is 12.4 Å². The van der Waals surface area contributed by atoms with E-state index in [0.717, 1.165) is 47.3 Å². The van der Waals surface area contributed by atoms with Gasteiger partial charge in [-0.05, 0) is 78.8 Å². The highest BCUT2D eigenvalue weighted by atomic mass is 16.3. The summed E-state index contributed by atoms with van der Waals surface area (Å²) in [7, 11) is 1.74. The zero-order valence-corrected chi connectivity index (χ0v) is 20.5. The molecule has 5 rings (SSSR count). The number of pyridine rings is 2. The Morgan fingerprint density at radius 1 is 0.914 bits per heavy atom. The van der Waals surface area contributed by atoms with Gasteiger partial charge in [-0.15, -0.1) is 10.2 Å². The van der Waals surface area contributed by atoms with E-state index in [1.54, 1.807) is 7.05 Å². The van der Waals surface area contributed by atoms with Gasteiger partial charge in [-0.3, -0.25) is 14.9 Å². The molecule has 4 aromatic rings. The first-order chi connectivity index (χ1) is 17.0. The molecule has 180 valence electrons. The lowest BCUT2D eigenvalue weighted by Crippen LogP contribution is -2.37. The molecule has 0 saturated carbocycles. The number of aryl methyl sites for hydroxylation is 3. The average molecular weight is 470 g/mol. The van der Waals surface area contributed by atoms with Gasteiger partial charge in [0, 0.05) is 24.5 Å². The Morgan fingerprint density at radius 2 is 1.57 bits per heavy atom. The largest absolute Gasteiger partial charge is 0.392 e. The number of nitrogens with zero attached hydrogens (tertiary/aromatic N) is 7. The van der Waals surface area contributed by atoms with E-state index in [1.165, 1.54) is 15.9 Å². The Labute approximate surface area is 205 Å². The Balaban J connectivity index is 1.55. The zero-order valence-electron chi connectivity index (χ0n) is 20.5. The smallest absolute Gasteiger partial charge is 0.204 e. The minimum Gasteiger partial charge on any atom is -0.392 e. The standard InChI is InChI=1S/C27H31N7O/c1-18-7-5-13-28-25(18)23-9-4-10-24(26-19(2)8-6-14-29-26)34(23)16-21-12-11-20(15-22(21)17-35)27-30-32-33(3)31-27/h5-8,11-15,23-24,35H,4,9-10,16-17H2,1-3H3/t23-,24+. The van der Waals surface area contributed by atoms with Crippen molar-refractivity contribution in [1.82, 2.24) is 35.1 Å². The normalized spacial score (nSPS) is 18.6. The molecule has 35 heavy (non-hydrogen) atoms. The van der Waals surface area contributed by atoms with E-state index < -0.39 is 0 Å². The Bertz CT molecular complexity index is 1260. The lowest BCUT2D eigenvalue weighted by atomic mass is 9.88. The number of aliphatic hydroxyl groups is 1. The van der Waals surface area contributed by atoms with Crippen LogP contribution in [-0.4, -0.2) is 40.2 Å². The predicted octanol–water partition coefficient (Wildman–Crippen LogP) is 4.24. The zero-order chi connectivity index (χ0) is 24.4. The number of tetrazole rings is 1. The van der Waals surface area contributed by atoms with Crippen LogP contribution in [-0.2, 0) is 20.2 Å². The minimum absolute atomic E-state index is 0.0577. The third-order valence-corrected chi connectivity index (χ3v) is 6.98. The first-order valence-electron chi connectivity index (χ1n) is 12.1. The highest BCUT2D eigenvalue weighted by molar-refractivity contribution is 5.56. The number of hydrogen-bond acceptors (Lipinski definition) is 7. The van der Waals surface area contributed by atoms with Crippen molar-refractivity contribution < 1.29 is 5.11 Å². The van der Waals surface area contributed by atoms with Gasteiger partial charge in [-0.1, -0.05) is 24.3 Å². The molecule has 0 bridgehead atoms. The summed E-state index contributed by atoms with van der Waals surface area (Å²) < 4.78 is 0. The molecule has 1 aromatic carbocycles. The van der Waals surface area contributed by atoms with Gasteiger partial charge >= 0.3 is 0 Å². The van der Waals surface area contributed by atoms with Gasteiger partial charge in [0.1, 0.15) is 0 Å². The molecule has 0 aliphatic carbocycles. The third-order valence-electron chi connectivity index (χ3n) is 6.98. The number of aromatic nitrogens is 6. The molecule has 0 spiro atoms. The summed E-state index contributed by atoms with van der Waals surface area (Å²) in [6.45, 7) is 4.90. The molecule has 0 radical (unpaired) electrons. The molecule has 1 aliphatic heterocycles. The molecule has 1 saturated heterocycles. The third kappa shape index (κ3) is 4.72. The molecule has 8 nitrogen and oxygen atoms in total. The Kier molecular flexibility index (Phi) is 6.66. The maximum atomic E-state index is 10.3. The lowest BCUT2D eigenvalue weighted by molar-refractivity contribution is 0.0672. The van der Waals surface area contributed by atoms with E-state index in [1.807, 2.05) is 36.7 Å². The van der Waals surface area contributed by atoms with Crippen LogP contribution in [0.15, 0.2) is 54.9 Å². The highest BCUT2D eigenvalue weighted by Gasteiger charge is 2.35. The van der Waals surface area contributed by atoms with Gasteiger partial charge in [-0.25, -0.2) is 0 Å². The fraction of sp³-hybridized carbons (Fsp3) is 0.370. The topological polar surface area (TPSA) is 92.9 Å². The van der Waals surface area contributed by atoms with Crippen molar-refractivity contribution in [3.05, 3.63) is 88.5 Å². The summed E-state index contributed by atoms with van der Waals surface area (Å²) in [5.74, 6) is 0.552. The first kappa shape index (κ1) is 23.3. The van der Waals surface area contributed by atoms with E-state index in [4.69, 9.17) is 9.97 Å². The molecule has 1 N–H and O–H groups in total. The van der Waals surface area contributed by atoms with Crippen LogP contribution in [0.4, 0.5) is 0 Å². The summed E-state index contributed by atoms with van der Waals surface area (Å²) in [5, 5.41) is 22.6. The highest BCUT2D eigenvalue weighted by Crippen LogP contribution is 2.43. The molecule has 4 heterocycles. The van der Waals surface area contributed by atoms with Crippen LogP contribution in [0.3, 0.4) is 0 Å². The molecule has 1 aliphatic rings. The van der Waals surface area contributed by atoms with Gasteiger partial charge in [-0.2, -0.15) is 4.80 Å². The molecular formula is C27H31N7O. The summed E-state index contributed by atoms with van der Waals surface area (Å²) in [5.41, 5.74) is 7.44. The number of rotatable bonds is 6. The van der Waals surface area contributed by atoms with Crippen molar-refractivity contribution in [1.29, 1.82) is 0 Å².